The lowest BCUT2D eigenvalue weighted by Crippen LogP contribution is -2.41. The Morgan fingerprint density at radius 2 is 1.86 bits per heavy atom. The van der Waals surface area contributed by atoms with Crippen LogP contribution in [-0.4, -0.2) is 49.1 Å². The molecule has 4 nitrogen and oxygen atoms in total. The first kappa shape index (κ1) is 16.3. The molecule has 3 fully saturated rings. The molecule has 3 aliphatic rings. The van der Waals surface area contributed by atoms with E-state index in [2.05, 4.69) is 22.5 Å². The molecule has 2 bridgehead atoms. The van der Waals surface area contributed by atoms with E-state index < -0.39 is 0 Å². The van der Waals surface area contributed by atoms with Crippen molar-refractivity contribution < 1.29 is 4.79 Å². The zero-order chi connectivity index (χ0) is 15.4. The van der Waals surface area contributed by atoms with Gasteiger partial charge in [-0.25, -0.2) is 0 Å². The highest BCUT2D eigenvalue weighted by Crippen LogP contribution is 2.32. The highest BCUT2D eigenvalue weighted by atomic mass is 16.1. The van der Waals surface area contributed by atoms with E-state index in [0.29, 0.717) is 23.9 Å². The van der Waals surface area contributed by atoms with Crippen molar-refractivity contribution in [1.29, 1.82) is 0 Å². The third kappa shape index (κ3) is 4.69. The molecule has 0 saturated carbocycles. The zero-order valence-corrected chi connectivity index (χ0v) is 14.2. The van der Waals surface area contributed by atoms with Crippen LogP contribution in [0.25, 0.3) is 0 Å². The average molecular weight is 307 g/mol. The van der Waals surface area contributed by atoms with Crippen molar-refractivity contribution in [3.05, 3.63) is 0 Å². The molecule has 0 aliphatic carbocycles. The normalized spacial score (nSPS) is 33.6. The maximum Gasteiger partial charge on any atom is 0.220 e. The largest absolute Gasteiger partial charge is 0.356 e. The summed E-state index contributed by atoms with van der Waals surface area (Å²) in [5, 5.41) is 6.84. The Bertz CT molecular complexity index is 355. The predicted octanol–water partition coefficient (Wildman–Crippen LogP) is 2.15. The van der Waals surface area contributed by atoms with Gasteiger partial charge in [0.15, 0.2) is 0 Å². The van der Waals surface area contributed by atoms with Gasteiger partial charge in [-0.3, -0.25) is 4.79 Å². The lowest BCUT2D eigenvalue weighted by atomic mass is 9.89. The first-order valence-corrected chi connectivity index (χ1v) is 9.44. The van der Waals surface area contributed by atoms with Gasteiger partial charge in [0.1, 0.15) is 0 Å². The second kappa shape index (κ2) is 7.78. The average Bonchev–Trinajstić information content (AvgIpc) is 2.85. The molecule has 3 rings (SSSR count). The zero-order valence-electron chi connectivity index (χ0n) is 14.2. The molecule has 3 aliphatic heterocycles. The van der Waals surface area contributed by atoms with Gasteiger partial charge < -0.3 is 15.5 Å². The van der Waals surface area contributed by atoms with Crippen molar-refractivity contribution in [1.82, 2.24) is 15.5 Å². The van der Waals surface area contributed by atoms with E-state index in [1.54, 1.807) is 0 Å². The molecule has 3 heterocycles. The van der Waals surface area contributed by atoms with Gasteiger partial charge in [0.25, 0.3) is 0 Å². The summed E-state index contributed by atoms with van der Waals surface area (Å²) >= 11 is 0. The van der Waals surface area contributed by atoms with Crippen LogP contribution in [0.2, 0.25) is 0 Å². The second-order valence-corrected chi connectivity index (χ2v) is 7.95. The summed E-state index contributed by atoms with van der Waals surface area (Å²) < 4.78 is 0. The van der Waals surface area contributed by atoms with Crippen molar-refractivity contribution in [2.75, 3.05) is 26.2 Å². The van der Waals surface area contributed by atoms with Crippen molar-refractivity contribution in [3.8, 4) is 0 Å². The number of carbonyl (C=O) groups is 1. The van der Waals surface area contributed by atoms with Crippen LogP contribution in [0.1, 0.15) is 58.3 Å². The van der Waals surface area contributed by atoms with E-state index in [0.717, 1.165) is 19.5 Å². The van der Waals surface area contributed by atoms with Crippen LogP contribution in [0.5, 0.6) is 0 Å². The molecule has 0 aromatic rings. The monoisotopic (exact) mass is 307 g/mol. The van der Waals surface area contributed by atoms with E-state index in [9.17, 15) is 4.79 Å². The Balaban J connectivity index is 1.31. The van der Waals surface area contributed by atoms with Gasteiger partial charge in [0, 0.05) is 31.6 Å². The summed E-state index contributed by atoms with van der Waals surface area (Å²) in [6.45, 7) is 6.73. The fraction of sp³-hybridized carbons (Fsp3) is 0.944. The Hall–Kier alpha value is -0.610. The van der Waals surface area contributed by atoms with Crippen LogP contribution in [-0.2, 0) is 4.79 Å². The SMILES string of the molecule is CC(CNC(=O)CC1CC2CCC(C1)N2)CN1CCCCC1. The molecular weight excluding hydrogens is 274 g/mol. The molecule has 126 valence electrons. The van der Waals surface area contributed by atoms with Gasteiger partial charge in [-0.15, -0.1) is 0 Å². The van der Waals surface area contributed by atoms with Crippen molar-refractivity contribution in [2.45, 2.75) is 70.4 Å². The number of carbonyl (C=O) groups excluding carboxylic acids is 1. The first-order valence-electron chi connectivity index (χ1n) is 9.44. The molecule has 22 heavy (non-hydrogen) atoms. The van der Waals surface area contributed by atoms with Gasteiger partial charge >= 0.3 is 0 Å². The van der Waals surface area contributed by atoms with Crippen LogP contribution >= 0.6 is 0 Å². The fourth-order valence-electron chi connectivity index (χ4n) is 4.61. The number of fused-ring (bicyclic) bond motifs is 2. The Morgan fingerprint density at radius 3 is 2.55 bits per heavy atom. The Kier molecular flexibility index (Phi) is 5.75. The number of hydrogen-bond donors (Lipinski definition) is 2. The minimum Gasteiger partial charge on any atom is -0.356 e. The first-order chi connectivity index (χ1) is 10.7. The van der Waals surface area contributed by atoms with E-state index in [1.807, 2.05) is 0 Å². The summed E-state index contributed by atoms with van der Waals surface area (Å²) in [7, 11) is 0. The minimum absolute atomic E-state index is 0.275. The van der Waals surface area contributed by atoms with E-state index in [-0.39, 0.29) is 5.91 Å². The molecule has 0 radical (unpaired) electrons. The van der Waals surface area contributed by atoms with Crippen molar-refractivity contribution >= 4 is 5.91 Å². The number of amides is 1. The van der Waals surface area contributed by atoms with Gasteiger partial charge in [-0.05, 0) is 63.5 Å². The molecule has 3 unspecified atom stereocenters. The standard InChI is InChI=1S/C18H33N3O/c1-14(13-21-7-3-2-4-8-21)12-19-18(22)11-15-9-16-5-6-17(10-15)20-16/h14-17,20H,2-13H2,1H3,(H,19,22). The number of rotatable bonds is 6. The molecule has 0 spiro atoms. The molecule has 3 saturated heterocycles. The quantitative estimate of drug-likeness (QED) is 0.790. The lowest BCUT2D eigenvalue weighted by molar-refractivity contribution is -0.122. The highest BCUT2D eigenvalue weighted by Gasteiger charge is 2.34. The predicted molar refractivity (Wildman–Crippen MR) is 89.8 cm³/mol. The molecule has 0 aromatic heterocycles. The maximum absolute atomic E-state index is 12.2. The van der Waals surface area contributed by atoms with Crippen molar-refractivity contribution in [2.24, 2.45) is 11.8 Å². The summed E-state index contributed by atoms with van der Waals surface area (Å²) in [6, 6.07) is 1.38. The Morgan fingerprint density at radius 1 is 1.18 bits per heavy atom. The van der Waals surface area contributed by atoms with Crippen LogP contribution in [0.15, 0.2) is 0 Å². The maximum atomic E-state index is 12.2. The lowest BCUT2D eigenvalue weighted by Gasteiger charge is -2.30. The number of likely N-dealkylation sites (tertiary alicyclic amines) is 1. The van der Waals surface area contributed by atoms with Gasteiger partial charge in [0.05, 0.1) is 0 Å². The molecule has 3 atom stereocenters. The number of hydrogen-bond acceptors (Lipinski definition) is 3. The topological polar surface area (TPSA) is 44.4 Å². The summed E-state index contributed by atoms with van der Waals surface area (Å²) in [5.41, 5.74) is 0. The molecule has 2 N–H and O–H groups in total. The van der Waals surface area contributed by atoms with Gasteiger partial charge in [0.2, 0.25) is 5.91 Å². The third-order valence-electron chi connectivity index (χ3n) is 5.71. The fourth-order valence-corrected chi connectivity index (χ4v) is 4.61. The number of piperidine rings is 2. The van der Waals surface area contributed by atoms with Gasteiger partial charge in [-0.1, -0.05) is 13.3 Å². The van der Waals surface area contributed by atoms with Crippen LogP contribution in [0, 0.1) is 11.8 Å². The Labute approximate surface area is 135 Å². The van der Waals surface area contributed by atoms with Crippen LogP contribution in [0.3, 0.4) is 0 Å². The van der Waals surface area contributed by atoms with Crippen molar-refractivity contribution in [3.63, 3.8) is 0 Å². The van der Waals surface area contributed by atoms with E-state index in [4.69, 9.17) is 0 Å². The summed E-state index contributed by atoms with van der Waals surface area (Å²) in [5.74, 6) is 1.44. The summed E-state index contributed by atoms with van der Waals surface area (Å²) in [4.78, 5) is 14.8. The number of nitrogens with zero attached hydrogens (tertiary/aromatic N) is 1. The van der Waals surface area contributed by atoms with E-state index in [1.165, 1.54) is 58.0 Å². The second-order valence-electron chi connectivity index (χ2n) is 7.95. The highest BCUT2D eigenvalue weighted by molar-refractivity contribution is 5.76. The van der Waals surface area contributed by atoms with Gasteiger partial charge in [-0.2, -0.15) is 0 Å². The summed E-state index contributed by atoms with van der Waals surface area (Å²) in [6.07, 6.45) is 9.85. The van der Waals surface area contributed by atoms with E-state index >= 15 is 0 Å². The molecule has 0 aromatic carbocycles. The van der Waals surface area contributed by atoms with Crippen LogP contribution < -0.4 is 10.6 Å². The minimum atomic E-state index is 0.275. The molecular formula is C18H33N3O. The molecule has 4 heteroatoms. The smallest absolute Gasteiger partial charge is 0.220 e. The third-order valence-corrected chi connectivity index (χ3v) is 5.71. The van der Waals surface area contributed by atoms with Crippen LogP contribution in [0.4, 0.5) is 0 Å². The molecule has 1 amide bonds. The number of nitrogens with one attached hydrogen (secondary N) is 2.